The lowest BCUT2D eigenvalue weighted by Gasteiger charge is -2.37. The third-order valence-corrected chi connectivity index (χ3v) is 6.28. The van der Waals surface area contributed by atoms with Gasteiger partial charge in [0.05, 0.1) is 22.9 Å². The fourth-order valence-electron chi connectivity index (χ4n) is 4.82. The van der Waals surface area contributed by atoms with Crippen molar-refractivity contribution in [2.75, 3.05) is 13.1 Å². The van der Waals surface area contributed by atoms with Crippen LogP contribution in [0.25, 0.3) is 22.0 Å². The van der Waals surface area contributed by atoms with E-state index in [1.54, 1.807) is 0 Å². The summed E-state index contributed by atoms with van der Waals surface area (Å²) in [5.74, 6) is 0.398. The first-order valence-corrected chi connectivity index (χ1v) is 10.4. The maximum Gasteiger partial charge on any atom is 0.327 e. The summed E-state index contributed by atoms with van der Waals surface area (Å²) in [7, 11) is 0. The molecule has 1 aliphatic rings. The number of benzene rings is 2. The molecule has 1 fully saturated rings. The second kappa shape index (κ2) is 7.19. The Morgan fingerprint density at radius 2 is 2.00 bits per heavy atom. The first-order valence-electron chi connectivity index (χ1n) is 10.4. The topological polar surface area (TPSA) is 67.1 Å². The van der Waals surface area contributed by atoms with E-state index in [1.807, 2.05) is 35.8 Å². The number of aromatic nitrogens is 3. The van der Waals surface area contributed by atoms with Crippen LogP contribution in [0.4, 0.5) is 0 Å². The Kier molecular flexibility index (Phi) is 4.51. The Morgan fingerprint density at radius 1 is 1.21 bits per heavy atom. The van der Waals surface area contributed by atoms with Gasteiger partial charge in [0.25, 0.3) is 0 Å². The highest BCUT2D eigenvalue weighted by Crippen LogP contribution is 2.35. The molecule has 1 N–H and O–H groups in total. The van der Waals surface area contributed by atoms with Crippen LogP contribution in [0, 0.1) is 6.92 Å². The van der Waals surface area contributed by atoms with Crippen molar-refractivity contribution in [3.8, 4) is 0 Å². The van der Waals surface area contributed by atoms with E-state index >= 15 is 0 Å². The van der Waals surface area contributed by atoms with Gasteiger partial charge in [0.2, 0.25) is 0 Å². The van der Waals surface area contributed by atoms with Crippen molar-refractivity contribution in [2.45, 2.75) is 45.2 Å². The summed E-state index contributed by atoms with van der Waals surface area (Å²) in [5, 5.41) is 5.49. The number of aryl methyl sites for hydroxylation is 1. The molecular weight excluding hydrogens is 364 g/mol. The lowest BCUT2D eigenvalue weighted by Crippen LogP contribution is -2.41. The van der Waals surface area contributed by atoms with E-state index in [1.165, 1.54) is 0 Å². The predicted molar refractivity (Wildman–Crippen MR) is 114 cm³/mol. The second-order valence-electron chi connectivity index (χ2n) is 8.08. The molecule has 150 valence electrons. The smallest absolute Gasteiger partial charge is 0.327 e. The van der Waals surface area contributed by atoms with Gasteiger partial charge in [0.1, 0.15) is 0 Å². The number of para-hydroxylation sites is 1. The van der Waals surface area contributed by atoms with Crippen LogP contribution in [0.15, 0.2) is 51.8 Å². The summed E-state index contributed by atoms with van der Waals surface area (Å²) in [5.41, 5.74) is 4.96. The normalized spacial score (nSPS) is 17.3. The number of hydrogen-bond acceptors (Lipinski definition) is 4. The standard InChI is InChI=1S/C23H26N4O2/c1-3-21(27-19-9-8-15(2)14-18(19)24-23(27)28)26-12-10-16(11-13-26)22-17-6-4-5-7-20(17)29-25-22/h4-9,14,16,21H,3,10-13H2,1-2H3,(H,24,28). The highest BCUT2D eigenvalue weighted by molar-refractivity contribution is 5.79. The number of piperidine rings is 1. The minimum Gasteiger partial charge on any atom is -0.356 e. The van der Waals surface area contributed by atoms with Crippen LogP contribution in [0.1, 0.15) is 49.5 Å². The van der Waals surface area contributed by atoms with Crippen molar-refractivity contribution in [3.05, 3.63) is 64.2 Å². The lowest BCUT2D eigenvalue weighted by molar-refractivity contribution is 0.101. The Balaban J connectivity index is 1.40. The lowest BCUT2D eigenvalue weighted by atomic mass is 9.91. The van der Waals surface area contributed by atoms with E-state index < -0.39 is 0 Å². The van der Waals surface area contributed by atoms with Crippen LogP contribution in [-0.2, 0) is 0 Å². The molecule has 0 aliphatic carbocycles. The molecule has 2 aromatic heterocycles. The van der Waals surface area contributed by atoms with Crippen molar-refractivity contribution in [3.63, 3.8) is 0 Å². The molecule has 0 amide bonds. The molecule has 0 spiro atoms. The van der Waals surface area contributed by atoms with Crippen LogP contribution in [-0.4, -0.2) is 32.7 Å². The molecule has 1 saturated heterocycles. The Hall–Kier alpha value is -2.86. The molecule has 5 rings (SSSR count). The van der Waals surface area contributed by atoms with Crippen molar-refractivity contribution in [1.29, 1.82) is 0 Å². The second-order valence-corrected chi connectivity index (χ2v) is 8.08. The van der Waals surface area contributed by atoms with E-state index in [0.29, 0.717) is 5.92 Å². The number of rotatable bonds is 4. The zero-order valence-corrected chi connectivity index (χ0v) is 16.9. The minimum atomic E-state index is -0.0259. The molecule has 1 atom stereocenters. The molecule has 0 radical (unpaired) electrons. The SMILES string of the molecule is CCC(N1CCC(c2noc3ccccc23)CC1)n1c(=O)[nH]c2cc(C)ccc21. The number of nitrogens with one attached hydrogen (secondary N) is 1. The van der Waals surface area contributed by atoms with Gasteiger partial charge in [-0.15, -0.1) is 0 Å². The molecule has 1 aliphatic heterocycles. The molecule has 4 aromatic rings. The highest BCUT2D eigenvalue weighted by Gasteiger charge is 2.30. The monoisotopic (exact) mass is 390 g/mol. The largest absolute Gasteiger partial charge is 0.356 e. The third kappa shape index (κ3) is 3.08. The quantitative estimate of drug-likeness (QED) is 0.554. The Labute approximate surface area is 169 Å². The first-order chi connectivity index (χ1) is 14.2. The summed E-state index contributed by atoms with van der Waals surface area (Å²) < 4.78 is 7.45. The minimum absolute atomic E-state index is 0.0259. The Bertz CT molecular complexity index is 1210. The summed E-state index contributed by atoms with van der Waals surface area (Å²) in [4.78, 5) is 18.2. The molecule has 29 heavy (non-hydrogen) atoms. The fourth-order valence-corrected chi connectivity index (χ4v) is 4.82. The van der Waals surface area contributed by atoms with E-state index in [9.17, 15) is 4.79 Å². The van der Waals surface area contributed by atoms with Gasteiger partial charge in [-0.25, -0.2) is 4.79 Å². The zero-order valence-electron chi connectivity index (χ0n) is 16.9. The molecular formula is C23H26N4O2. The number of likely N-dealkylation sites (tertiary alicyclic amines) is 1. The molecule has 6 nitrogen and oxygen atoms in total. The summed E-state index contributed by atoms with van der Waals surface area (Å²) in [6, 6.07) is 14.2. The number of hydrogen-bond donors (Lipinski definition) is 1. The van der Waals surface area contributed by atoms with Gasteiger partial charge in [-0.3, -0.25) is 9.47 Å². The van der Waals surface area contributed by atoms with Crippen molar-refractivity contribution in [2.24, 2.45) is 0 Å². The number of H-pyrrole nitrogens is 1. The van der Waals surface area contributed by atoms with Crippen molar-refractivity contribution < 1.29 is 4.52 Å². The third-order valence-electron chi connectivity index (χ3n) is 6.28. The van der Waals surface area contributed by atoms with Gasteiger partial charge in [0, 0.05) is 24.4 Å². The van der Waals surface area contributed by atoms with E-state index in [0.717, 1.165) is 65.6 Å². The van der Waals surface area contributed by atoms with E-state index in [2.05, 4.69) is 40.2 Å². The molecule has 6 heteroatoms. The summed E-state index contributed by atoms with van der Waals surface area (Å²) in [6.45, 7) is 6.08. The summed E-state index contributed by atoms with van der Waals surface area (Å²) >= 11 is 0. The van der Waals surface area contributed by atoms with Gasteiger partial charge in [0.15, 0.2) is 5.58 Å². The molecule has 0 saturated carbocycles. The fraction of sp³-hybridized carbons (Fsp3) is 0.391. The van der Waals surface area contributed by atoms with Gasteiger partial charge in [-0.1, -0.05) is 30.3 Å². The van der Waals surface area contributed by atoms with Gasteiger partial charge < -0.3 is 9.51 Å². The van der Waals surface area contributed by atoms with Crippen LogP contribution in [0.5, 0.6) is 0 Å². The van der Waals surface area contributed by atoms with Gasteiger partial charge in [-0.05, 0) is 56.0 Å². The van der Waals surface area contributed by atoms with E-state index in [-0.39, 0.29) is 11.9 Å². The molecule has 3 heterocycles. The van der Waals surface area contributed by atoms with Crippen LogP contribution >= 0.6 is 0 Å². The number of nitrogens with zero attached hydrogens (tertiary/aromatic N) is 3. The number of imidazole rings is 1. The zero-order chi connectivity index (χ0) is 20.0. The molecule has 0 bridgehead atoms. The number of aromatic amines is 1. The number of fused-ring (bicyclic) bond motifs is 2. The first kappa shape index (κ1) is 18.2. The Morgan fingerprint density at radius 3 is 2.79 bits per heavy atom. The van der Waals surface area contributed by atoms with Crippen molar-refractivity contribution in [1.82, 2.24) is 19.6 Å². The van der Waals surface area contributed by atoms with Crippen LogP contribution in [0.3, 0.4) is 0 Å². The van der Waals surface area contributed by atoms with Crippen molar-refractivity contribution >= 4 is 22.0 Å². The summed E-state index contributed by atoms with van der Waals surface area (Å²) in [6.07, 6.45) is 2.99. The average Bonchev–Trinajstić information content (AvgIpc) is 3.30. The van der Waals surface area contributed by atoms with Crippen LogP contribution in [0.2, 0.25) is 0 Å². The van der Waals surface area contributed by atoms with Crippen LogP contribution < -0.4 is 5.69 Å². The maximum atomic E-state index is 12.7. The highest BCUT2D eigenvalue weighted by atomic mass is 16.5. The van der Waals surface area contributed by atoms with Gasteiger partial charge >= 0.3 is 5.69 Å². The average molecular weight is 390 g/mol. The van der Waals surface area contributed by atoms with Gasteiger partial charge in [-0.2, -0.15) is 0 Å². The molecule has 2 aromatic carbocycles. The van der Waals surface area contributed by atoms with E-state index in [4.69, 9.17) is 4.52 Å². The maximum absolute atomic E-state index is 12.7. The molecule has 1 unspecified atom stereocenters. The predicted octanol–water partition coefficient (Wildman–Crippen LogP) is 4.57.